The van der Waals surface area contributed by atoms with E-state index < -0.39 is 0 Å². The molecular formula is C14H19N. The highest BCUT2D eigenvalue weighted by molar-refractivity contribution is 5.50. The van der Waals surface area contributed by atoms with Crippen LogP contribution in [0.4, 0.5) is 5.69 Å². The Morgan fingerprint density at radius 2 is 2.13 bits per heavy atom. The van der Waals surface area contributed by atoms with E-state index in [0.717, 1.165) is 11.3 Å². The van der Waals surface area contributed by atoms with Crippen LogP contribution in [0.3, 0.4) is 0 Å². The van der Waals surface area contributed by atoms with E-state index in [2.05, 4.69) is 38.1 Å². The Hall–Kier alpha value is -1.42. The zero-order chi connectivity index (χ0) is 11.3. The van der Waals surface area contributed by atoms with Gasteiger partial charge in [0.15, 0.2) is 0 Å². The summed E-state index contributed by atoms with van der Waals surface area (Å²) >= 11 is 0. The Balaban J connectivity index is 2.68. The topological polar surface area (TPSA) is 12.0 Å². The lowest BCUT2D eigenvalue weighted by molar-refractivity contribution is 0.494. The Bertz CT molecular complexity index is 349. The van der Waals surface area contributed by atoms with Crippen molar-refractivity contribution < 1.29 is 0 Å². The highest BCUT2D eigenvalue weighted by Gasteiger charge is 2.09. The predicted octanol–water partition coefficient (Wildman–Crippen LogP) is 3.51. The standard InChI is InChI=1S/C14H19N/c1-5-11(3)12(4)15-14-9-7-8-13(6-2)10-14/h2,7-12,15H,5H2,1,3-4H3. The minimum atomic E-state index is 0.475. The highest BCUT2D eigenvalue weighted by Crippen LogP contribution is 2.15. The maximum Gasteiger partial charge on any atom is 0.0354 e. The zero-order valence-electron chi connectivity index (χ0n) is 9.75. The van der Waals surface area contributed by atoms with E-state index >= 15 is 0 Å². The van der Waals surface area contributed by atoms with E-state index in [-0.39, 0.29) is 0 Å². The summed E-state index contributed by atoms with van der Waals surface area (Å²) in [6.45, 7) is 6.67. The molecule has 2 unspecified atom stereocenters. The van der Waals surface area contributed by atoms with E-state index in [0.29, 0.717) is 12.0 Å². The molecule has 15 heavy (non-hydrogen) atoms. The van der Waals surface area contributed by atoms with Crippen LogP contribution in [0, 0.1) is 18.3 Å². The van der Waals surface area contributed by atoms with Crippen molar-refractivity contribution >= 4 is 5.69 Å². The molecule has 0 amide bonds. The molecular weight excluding hydrogens is 182 g/mol. The molecule has 0 aliphatic rings. The van der Waals surface area contributed by atoms with Gasteiger partial charge in [-0.2, -0.15) is 0 Å². The van der Waals surface area contributed by atoms with Crippen molar-refractivity contribution in [2.75, 3.05) is 5.32 Å². The van der Waals surface area contributed by atoms with E-state index in [4.69, 9.17) is 6.42 Å². The van der Waals surface area contributed by atoms with Crippen LogP contribution in [0.2, 0.25) is 0 Å². The molecule has 1 N–H and O–H groups in total. The van der Waals surface area contributed by atoms with Gasteiger partial charge in [-0.3, -0.25) is 0 Å². The molecule has 0 heterocycles. The van der Waals surface area contributed by atoms with Crippen LogP contribution >= 0.6 is 0 Å². The van der Waals surface area contributed by atoms with Gasteiger partial charge in [0.2, 0.25) is 0 Å². The normalized spacial score (nSPS) is 14.0. The minimum absolute atomic E-state index is 0.475. The Morgan fingerprint density at radius 1 is 1.40 bits per heavy atom. The molecule has 80 valence electrons. The second-order valence-electron chi connectivity index (χ2n) is 4.04. The van der Waals surface area contributed by atoms with Gasteiger partial charge in [0.05, 0.1) is 0 Å². The molecule has 0 saturated carbocycles. The van der Waals surface area contributed by atoms with Gasteiger partial charge in [0.1, 0.15) is 0 Å². The monoisotopic (exact) mass is 201 g/mol. The van der Waals surface area contributed by atoms with Gasteiger partial charge < -0.3 is 5.32 Å². The molecule has 0 spiro atoms. The summed E-state index contributed by atoms with van der Waals surface area (Å²) in [7, 11) is 0. The van der Waals surface area contributed by atoms with Crippen molar-refractivity contribution in [1.82, 2.24) is 0 Å². The summed E-state index contributed by atoms with van der Waals surface area (Å²) in [4.78, 5) is 0. The molecule has 0 aliphatic carbocycles. The first-order valence-corrected chi connectivity index (χ1v) is 5.50. The van der Waals surface area contributed by atoms with Gasteiger partial charge in [-0.15, -0.1) is 6.42 Å². The maximum absolute atomic E-state index is 5.36. The summed E-state index contributed by atoms with van der Waals surface area (Å²) in [5.41, 5.74) is 2.04. The van der Waals surface area contributed by atoms with Gasteiger partial charge in [0, 0.05) is 17.3 Å². The van der Waals surface area contributed by atoms with Gasteiger partial charge in [0.25, 0.3) is 0 Å². The molecule has 0 aromatic heterocycles. The molecule has 2 atom stereocenters. The summed E-state index contributed by atoms with van der Waals surface area (Å²) in [5.74, 6) is 3.31. The lowest BCUT2D eigenvalue weighted by Crippen LogP contribution is -2.23. The molecule has 1 aromatic rings. The van der Waals surface area contributed by atoms with Crippen molar-refractivity contribution in [2.24, 2.45) is 5.92 Å². The van der Waals surface area contributed by atoms with Crippen molar-refractivity contribution in [3.8, 4) is 12.3 Å². The Morgan fingerprint density at radius 3 is 2.73 bits per heavy atom. The van der Waals surface area contributed by atoms with Crippen LogP contribution in [0.5, 0.6) is 0 Å². The molecule has 1 nitrogen and oxygen atoms in total. The highest BCUT2D eigenvalue weighted by atomic mass is 14.9. The van der Waals surface area contributed by atoms with Crippen molar-refractivity contribution in [2.45, 2.75) is 33.2 Å². The molecule has 1 aromatic carbocycles. The number of hydrogen-bond donors (Lipinski definition) is 1. The third kappa shape index (κ3) is 3.32. The quantitative estimate of drug-likeness (QED) is 0.735. The van der Waals surface area contributed by atoms with Crippen LogP contribution in [0.1, 0.15) is 32.8 Å². The number of nitrogens with one attached hydrogen (secondary N) is 1. The first kappa shape index (κ1) is 11.7. The Kier molecular flexibility index (Phi) is 4.24. The van der Waals surface area contributed by atoms with E-state index in [1.54, 1.807) is 0 Å². The van der Waals surface area contributed by atoms with Crippen LogP contribution in [0.25, 0.3) is 0 Å². The molecule has 0 radical (unpaired) electrons. The van der Waals surface area contributed by atoms with Gasteiger partial charge in [-0.05, 0) is 31.0 Å². The fourth-order valence-corrected chi connectivity index (χ4v) is 1.46. The van der Waals surface area contributed by atoms with E-state index in [1.807, 2.05) is 18.2 Å². The second kappa shape index (κ2) is 5.46. The number of anilines is 1. The summed E-state index contributed by atoms with van der Waals surface area (Å²) < 4.78 is 0. The summed E-state index contributed by atoms with van der Waals surface area (Å²) in [6, 6.07) is 8.47. The third-order valence-corrected chi connectivity index (χ3v) is 2.92. The predicted molar refractivity (Wildman–Crippen MR) is 66.9 cm³/mol. The van der Waals surface area contributed by atoms with Crippen molar-refractivity contribution in [1.29, 1.82) is 0 Å². The molecule has 0 bridgehead atoms. The lowest BCUT2D eigenvalue weighted by Gasteiger charge is -2.21. The van der Waals surface area contributed by atoms with Crippen molar-refractivity contribution in [3.05, 3.63) is 29.8 Å². The molecule has 0 aliphatic heterocycles. The maximum atomic E-state index is 5.36. The molecule has 0 fully saturated rings. The average Bonchev–Trinajstić information content (AvgIpc) is 2.28. The lowest BCUT2D eigenvalue weighted by atomic mass is 10.0. The van der Waals surface area contributed by atoms with E-state index in [9.17, 15) is 0 Å². The van der Waals surface area contributed by atoms with Crippen molar-refractivity contribution in [3.63, 3.8) is 0 Å². The minimum Gasteiger partial charge on any atom is -0.382 e. The van der Waals surface area contributed by atoms with E-state index in [1.165, 1.54) is 6.42 Å². The molecule has 1 rings (SSSR count). The molecule has 1 heteroatoms. The average molecular weight is 201 g/mol. The summed E-state index contributed by atoms with van der Waals surface area (Å²) in [6.07, 6.45) is 6.54. The van der Waals surface area contributed by atoms with Crippen LogP contribution < -0.4 is 5.32 Å². The SMILES string of the molecule is C#Cc1cccc(NC(C)C(C)CC)c1. The number of rotatable bonds is 4. The van der Waals surface area contributed by atoms with Crippen LogP contribution in [-0.2, 0) is 0 Å². The third-order valence-electron chi connectivity index (χ3n) is 2.92. The first-order valence-electron chi connectivity index (χ1n) is 5.50. The smallest absolute Gasteiger partial charge is 0.0354 e. The molecule has 0 saturated heterocycles. The fraction of sp³-hybridized carbons (Fsp3) is 0.429. The largest absolute Gasteiger partial charge is 0.382 e. The van der Waals surface area contributed by atoms with Gasteiger partial charge >= 0.3 is 0 Å². The van der Waals surface area contributed by atoms with Crippen LogP contribution in [-0.4, -0.2) is 6.04 Å². The van der Waals surface area contributed by atoms with Gasteiger partial charge in [-0.25, -0.2) is 0 Å². The zero-order valence-corrected chi connectivity index (χ0v) is 9.75. The number of benzene rings is 1. The fourth-order valence-electron chi connectivity index (χ4n) is 1.46. The number of terminal acetylenes is 1. The Labute approximate surface area is 92.9 Å². The van der Waals surface area contributed by atoms with Gasteiger partial charge in [-0.1, -0.05) is 32.3 Å². The number of hydrogen-bond acceptors (Lipinski definition) is 1. The summed E-state index contributed by atoms with van der Waals surface area (Å²) in [5, 5.41) is 3.47. The van der Waals surface area contributed by atoms with Crippen LogP contribution in [0.15, 0.2) is 24.3 Å². The second-order valence-corrected chi connectivity index (χ2v) is 4.04. The first-order chi connectivity index (χ1) is 7.17.